The lowest BCUT2D eigenvalue weighted by Crippen LogP contribution is -2.54. The van der Waals surface area contributed by atoms with E-state index in [9.17, 15) is 14.4 Å². The van der Waals surface area contributed by atoms with E-state index in [1.165, 1.54) is 16.2 Å². The highest BCUT2D eigenvalue weighted by Gasteiger charge is 2.41. The molecule has 0 saturated carbocycles. The van der Waals surface area contributed by atoms with Crippen LogP contribution in [0.25, 0.3) is 0 Å². The number of hydrogen-bond donors (Lipinski definition) is 0. The Labute approximate surface area is 163 Å². The zero-order valence-electron chi connectivity index (χ0n) is 13.8. The lowest BCUT2D eigenvalue weighted by Gasteiger charge is -2.39. The summed E-state index contributed by atoms with van der Waals surface area (Å²) in [5, 5.41) is 1.88. The molecule has 4 amide bonds. The van der Waals surface area contributed by atoms with Crippen LogP contribution in [0.15, 0.2) is 45.2 Å². The summed E-state index contributed by atoms with van der Waals surface area (Å²) >= 11 is 4.77. The Morgan fingerprint density at radius 1 is 1.23 bits per heavy atom. The molecule has 3 heterocycles. The van der Waals surface area contributed by atoms with Crippen molar-refractivity contribution in [2.24, 2.45) is 10.9 Å². The highest BCUT2D eigenvalue weighted by Crippen LogP contribution is 2.27. The van der Waals surface area contributed by atoms with Crippen LogP contribution >= 0.6 is 27.3 Å². The van der Waals surface area contributed by atoms with Crippen molar-refractivity contribution < 1.29 is 14.4 Å². The number of halogens is 1. The molecular formula is C18H16BrN3O3S. The van der Waals surface area contributed by atoms with Crippen molar-refractivity contribution >= 4 is 50.8 Å². The Hall–Kier alpha value is -2.06. The lowest BCUT2D eigenvalue weighted by molar-refractivity contribution is -0.131. The van der Waals surface area contributed by atoms with Gasteiger partial charge in [-0.25, -0.2) is 4.79 Å². The van der Waals surface area contributed by atoms with Crippen LogP contribution in [0.5, 0.6) is 0 Å². The zero-order chi connectivity index (χ0) is 18.3. The molecular weight excluding hydrogens is 418 g/mol. The van der Waals surface area contributed by atoms with E-state index in [1.807, 2.05) is 11.4 Å². The number of urea groups is 1. The average Bonchev–Trinajstić information content (AvgIpc) is 3.08. The fourth-order valence-corrected chi connectivity index (χ4v) is 4.89. The smallest absolute Gasteiger partial charge is 0.338 e. The second kappa shape index (κ2) is 6.92. The van der Waals surface area contributed by atoms with Gasteiger partial charge in [0.25, 0.3) is 5.91 Å². The van der Waals surface area contributed by atoms with Crippen molar-refractivity contribution in [2.45, 2.75) is 18.9 Å². The van der Waals surface area contributed by atoms with Gasteiger partial charge in [-0.15, -0.1) is 11.3 Å². The molecule has 0 bridgehead atoms. The Bertz CT molecular complexity index is 865. The Balaban J connectivity index is 1.45. The Kier molecular flexibility index (Phi) is 4.62. The molecule has 8 heteroatoms. The summed E-state index contributed by atoms with van der Waals surface area (Å²) in [5.41, 5.74) is 0.509. The minimum Gasteiger partial charge on any atom is -0.338 e. The number of allylic oxidation sites excluding steroid dienone is 3. The molecule has 0 aromatic carbocycles. The largest absolute Gasteiger partial charge is 0.350 e. The number of piperidine rings is 1. The fourth-order valence-electron chi connectivity index (χ4n) is 3.50. The number of rotatable bonds is 2. The Morgan fingerprint density at radius 3 is 2.69 bits per heavy atom. The number of likely N-dealkylation sites (tertiary alicyclic amines) is 1. The van der Waals surface area contributed by atoms with Crippen molar-refractivity contribution in [2.75, 3.05) is 13.1 Å². The monoisotopic (exact) mass is 433 g/mol. The standard InChI is InChI=1S/C18H16BrN3O3S/c19-11-9-15(26-10-11)17(24)21-7-5-12(6-8-21)22-16(23)13-3-1-2-4-14(13)20-18(22)25/h1-4,9-10,12-13H,5-8H2. The van der Waals surface area contributed by atoms with Crippen molar-refractivity contribution in [3.8, 4) is 0 Å². The molecule has 1 unspecified atom stereocenters. The van der Waals surface area contributed by atoms with Gasteiger partial charge in [0.2, 0.25) is 5.91 Å². The quantitative estimate of drug-likeness (QED) is 0.718. The first-order chi connectivity index (χ1) is 12.5. The second-order valence-electron chi connectivity index (χ2n) is 6.40. The van der Waals surface area contributed by atoms with Gasteiger partial charge in [-0.05, 0) is 40.9 Å². The van der Waals surface area contributed by atoms with Gasteiger partial charge in [-0.2, -0.15) is 4.99 Å². The van der Waals surface area contributed by atoms with E-state index in [4.69, 9.17) is 0 Å². The van der Waals surface area contributed by atoms with Crippen molar-refractivity contribution in [3.63, 3.8) is 0 Å². The number of imide groups is 1. The fraction of sp³-hybridized carbons (Fsp3) is 0.333. The molecule has 1 saturated heterocycles. The van der Waals surface area contributed by atoms with E-state index < -0.39 is 11.9 Å². The van der Waals surface area contributed by atoms with Gasteiger partial charge in [-0.3, -0.25) is 14.5 Å². The van der Waals surface area contributed by atoms with E-state index in [-0.39, 0.29) is 17.9 Å². The van der Waals surface area contributed by atoms with E-state index >= 15 is 0 Å². The molecule has 26 heavy (non-hydrogen) atoms. The van der Waals surface area contributed by atoms with Crippen LogP contribution in [0.2, 0.25) is 0 Å². The summed E-state index contributed by atoms with van der Waals surface area (Å²) in [7, 11) is 0. The molecule has 1 atom stereocenters. The highest BCUT2D eigenvalue weighted by molar-refractivity contribution is 9.10. The number of thiophene rings is 1. The van der Waals surface area contributed by atoms with Gasteiger partial charge >= 0.3 is 6.03 Å². The zero-order valence-corrected chi connectivity index (χ0v) is 16.2. The summed E-state index contributed by atoms with van der Waals surface area (Å²) in [5.74, 6) is -0.690. The van der Waals surface area contributed by atoms with Crippen molar-refractivity contribution in [1.82, 2.24) is 9.80 Å². The number of carbonyl (C=O) groups is 3. The number of fused-ring (bicyclic) bond motifs is 1. The maximum Gasteiger partial charge on any atom is 0.350 e. The molecule has 2 aliphatic heterocycles. The number of hydrogen-bond acceptors (Lipinski definition) is 4. The molecule has 3 aliphatic rings. The maximum absolute atomic E-state index is 12.8. The third-order valence-electron chi connectivity index (χ3n) is 4.83. The second-order valence-corrected chi connectivity index (χ2v) is 8.23. The third-order valence-corrected chi connectivity index (χ3v) is 6.51. The normalized spacial score (nSPS) is 23.3. The summed E-state index contributed by atoms with van der Waals surface area (Å²) in [6.45, 7) is 1.04. The van der Waals surface area contributed by atoms with Crippen LogP contribution in [0.1, 0.15) is 22.5 Å². The Morgan fingerprint density at radius 2 is 2.00 bits per heavy atom. The molecule has 0 spiro atoms. The van der Waals surface area contributed by atoms with Gasteiger partial charge in [0.05, 0.1) is 16.5 Å². The van der Waals surface area contributed by atoms with Gasteiger partial charge in [0.1, 0.15) is 0 Å². The molecule has 1 aromatic heterocycles. The number of carbonyl (C=O) groups excluding carboxylic acids is 3. The predicted octanol–water partition coefficient (Wildman–Crippen LogP) is 3.26. The molecule has 1 fully saturated rings. The van der Waals surface area contributed by atoms with Crippen LogP contribution in [0.3, 0.4) is 0 Å². The molecule has 134 valence electrons. The molecule has 1 aromatic rings. The molecule has 4 rings (SSSR count). The molecule has 6 nitrogen and oxygen atoms in total. The topological polar surface area (TPSA) is 70.1 Å². The van der Waals surface area contributed by atoms with E-state index in [1.54, 1.807) is 29.2 Å². The lowest BCUT2D eigenvalue weighted by atomic mass is 9.93. The van der Waals surface area contributed by atoms with Crippen LogP contribution < -0.4 is 0 Å². The van der Waals surface area contributed by atoms with Crippen LogP contribution in [0, 0.1) is 5.92 Å². The first-order valence-electron chi connectivity index (χ1n) is 8.38. The molecule has 0 N–H and O–H groups in total. The van der Waals surface area contributed by atoms with Gasteiger partial charge in [-0.1, -0.05) is 18.2 Å². The third kappa shape index (κ3) is 3.07. The predicted molar refractivity (Wildman–Crippen MR) is 102 cm³/mol. The summed E-state index contributed by atoms with van der Waals surface area (Å²) in [6, 6.07) is 1.11. The summed E-state index contributed by atoms with van der Waals surface area (Å²) in [6.07, 6.45) is 8.21. The number of amides is 4. The van der Waals surface area contributed by atoms with Gasteiger partial charge in [0, 0.05) is 29.0 Å². The van der Waals surface area contributed by atoms with Crippen molar-refractivity contribution in [3.05, 3.63) is 45.1 Å². The van der Waals surface area contributed by atoms with Crippen LogP contribution in [-0.2, 0) is 4.79 Å². The first kappa shape index (κ1) is 17.4. The molecule has 0 radical (unpaired) electrons. The SMILES string of the molecule is O=C(c1cc(Br)cs1)N1CCC(N2C(=O)N=C3C=CC=CC3C2=O)CC1. The number of nitrogens with zero attached hydrogens (tertiary/aromatic N) is 3. The maximum atomic E-state index is 12.8. The van der Waals surface area contributed by atoms with Crippen molar-refractivity contribution in [1.29, 1.82) is 0 Å². The van der Waals surface area contributed by atoms with Gasteiger partial charge < -0.3 is 4.90 Å². The number of aliphatic imine (C=N–C) groups is 1. The molecule has 1 aliphatic carbocycles. The average molecular weight is 434 g/mol. The minimum absolute atomic E-state index is 0.00361. The minimum atomic E-state index is -0.492. The summed E-state index contributed by atoms with van der Waals surface area (Å²) < 4.78 is 0.897. The highest BCUT2D eigenvalue weighted by atomic mass is 79.9. The summed E-state index contributed by atoms with van der Waals surface area (Å²) in [4.78, 5) is 45.5. The van der Waals surface area contributed by atoms with Crippen LogP contribution in [0.4, 0.5) is 4.79 Å². The van der Waals surface area contributed by atoms with E-state index in [2.05, 4.69) is 20.9 Å². The van der Waals surface area contributed by atoms with E-state index in [0.717, 1.165) is 4.47 Å². The van der Waals surface area contributed by atoms with E-state index in [0.29, 0.717) is 36.5 Å². The first-order valence-corrected chi connectivity index (χ1v) is 10.1. The van der Waals surface area contributed by atoms with Crippen LogP contribution in [-0.4, -0.2) is 52.5 Å². The van der Waals surface area contributed by atoms with Gasteiger partial charge in [0.15, 0.2) is 0 Å².